The maximum absolute atomic E-state index is 9.88. The van der Waals surface area contributed by atoms with Gasteiger partial charge in [-0.2, -0.15) is 0 Å². The van der Waals surface area contributed by atoms with Crippen LogP contribution in [0.5, 0.6) is 0 Å². The number of rotatable bonds is 3. The van der Waals surface area contributed by atoms with Crippen molar-refractivity contribution in [1.82, 2.24) is 0 Å². The quantitative estimate of drug-likeness (QED) is 0.714. The number of ether oxygens (including phenoxy) is 1. The molecule has 80 valence electrons. The molecule has 0 aromatic heterocycles. The van der Waals surface area contributed by atoms with Crippen LogP contribution >= 0.6 is 0 Å². The van der Waals surface area contributed by atoms with Crippen LogP contribution in [0.2, 0.25) is 0 Å². The molecule has 3 N–H and O–H groups in total. The predicted octanol–water partition coefficient (Wildman–Crippen LogP) is 1.17. The van der Waals surface area contributed by atoms with Crippen molar-refractivity contribution < 1.29 is 9.84 Å². The average Bonchev–Trinajstić information content (AvgIpc) is 2.77. The third-order valence-corrected chi connectivity index (χ3v) is 3.30. The summed E-state index contributed by atoms with van der Waals surface area (Å²) in [6.45, 7) is 0.725. The zero-order valence-corrected chi connectivity index (χ0v) is 8.48. The van der Waals surface area contributed by atoms with E-state index < -0.39 is 6.10 Å². The lowest BCUT2D eigenvalue weighted by molar-refractivity contribution is 0.0971. The molecular weight excluding hydrogens is 178 g/mol. The molecule has 3 atom stereocenters. The minimum atomic E-state index is -0.424. The Morgan fingerprint density at radius 1 is 1.57 bits per heavy atom. The third-order valence-electron chi connectivity index (χ3n) is 3.30. The van der Waals surface area contributed by atoms with Crippen LogP contribution in [0.4, 0.5) is 0 Å². The first-order chi connectivity index (χ1) is 6.77. The van der Waals surface area contributed by atoms with Crippen LogP contribution in [0.25, 0.3) is 0 Å². The fraction of sp³-hybridized carbons (Fsp3) is 0.818. The molecule has 0 aromatic rings. The molecule has 0 saturated heterocycles. The molecule has 1 fully saturated rings. The summed E-state index contributed by atoms with van der Waals surface area (Å²) in [6, 6.07) is 0.284. The summed E-state index contributed by atoms with van der Waals surface area (Å²) in [5.74, 6) is 1.25. The van der Waals surface area contributed by atoms with Crippen molar-refractivity contribution in [2.75, 3.05) is 6.61 Å². The van der Waals surface area contributed by atoms with Crippen molar-refractivity contribution >= 4 is 0 Å². The minimum absolute atomic E-state index is 0.284. The standard InChI is InChI=1S/C11H19NO2/c12-9-4-1-3-8(9)7-10(13)11-5-2-6-14-11/h5,8-10,13H,1-4,6-7,12H2. The van der Waals surface area contributed by atoms with E-state index in [-0.39, 0.29) is 6.04 Å². The Morgan fingerprint density at radius 2 is 2.43 bits per heavy atom. The Hall–Kier alpha value is -0.540. The molecule has 1 heterocycles. The van der Waals surface area contributed by atoms with Crippen molar-refractivity contribution in [2.45, 2.75) is 44.2 Å². The summed E-state index contributed by atoms with van der Waals surface area (Å²) in [5, 5.41) is 9.88. The normalized spacial score (nSPS) is 34.0. The van der Waals surface area contributed by atoms with Gasteiger partial charge in [-0.25, -0.2) is 0 Å². The molecule has 0 spiro atoms. The van der Waals surface area contributed by atoms with Gasteiger partial charge in [0.05, 0.1) is 6.61 Å². The van der Waals surface area contributed by atoms with Gasteiger partial charge in [-0.05, 0) is 31.3 Å². The van der Waals surface area contributed by atoms with E-state index in [1.165, 1.54) is 6.42 Å². The first-order valence-corrected chi connectivity index (χ1v) is 5.54. The lowest BCUT2D eigenvalue weighted by atomic mass is 9.96. The lowest BCUT2D eigenvalue weighted by Gasteiger charge is -2.19. The molecule has 0 aromatic carbocycles. The molecule has 1 saturated carbocycles. The smallest absolute Gasteiger partial charge is 0.121 e. The lowest BCUT2D eigenvalue weighted by Crippen LogP contribution is -2.28. The largest absolute Gasteiger partial charge is 0.495 e. The minimum Gasteiger partial charge on any atom is -0.495 e. The Kier molecular flexibility index (Phi) is 3.08. The van der Waals surface area contributed by atoms with Gasteiger partial charge in [0.2, 0.25) is 0 Å². The van der Waals surface area contributed by atoms with Gasteiger partial charge in [0, 0.05) is 12.5 Å². The van der Waals surface area contributed by atoms with Gasteiger partial charge in [0.15, 0.2) is 0 Å². The van der Waals surface area contributed by atoms with Gasteiger partial charge in [0.25, 0.3) is 0 Å². The van der Waals surface area contributed by atoms with Crippen LogP contribution in [0.1, 0.15) is 32.1 Å². The predicted molar refractivity (Wildman–Crippen MR) is 54.6 cm³/mol. The van der Waals surface area contributed by atoms with E-state index in [9.17, 15) is 5.11 Å². The molecule has 0 amide bonds. The number of aliphatic hydroxyl groups is 1. The van der Waals surface area contributed by atoms with Crippen LogP contribution in [0.15, 0.2) is 11.8 Å². The maximum Gasteiger partial charge on any atom is 0.121 e. The van der Waals surface area contributed by atoms with Gasteiger partial charge in [-0.15, -0.1) is 0 Å². The highest BCUT2D eigenvalue weighted by molar-refractivity contribution is 5.04. The zero-order chi connectivity index (χ0) is 9.97. The summed E-state index contributed by atoms with van der Waals surface area (Å²) in [5.41, 5.74) is 5.95. The second-order valence-corrected chi connectivity index (χ2v) is 4.35. The summed E-state index contributed by atoms with van der Waals surface area (Å²) >= 11 is 0. The highest BCUT2D eigenvalue weighted by Gasteiger charge is 2.28. The van der Waals surface area contributed by atoms with Crippen LogP contribution in [0, 0.1) is 5.92 Å². The van der Waals surface area contributed by atoms with Gasteiger partial charge < -0.3 is 15.6 Å². The summed E-state index contributed by atoms with van der Waals surface area (Å²) in [4.78, 5) is 0. The maximum atomic E-state index is 9.88. The van der Waals surface area contributed by atoms with Crippen molar-refractivity contribution in [1.29, 1.82) is 0 Å². The van der Waals surface area contributed by atoms with E-state index in [1.54, 1.807) is 0 Å². The highest BCUT2D eigenvalue weighted by atomic mass is 16.5. The van der Waals surface area contributed by atoms with Crippen LogP contribution < -0.4 is 5.73 Å². The van der Waals surface area contributed by atoms with E-state index in [0.29, 0.717) is 5.92 Å². The van der Waals surface area contributed by atoms with E-state index in [2.05, 4.69) is 0 Å². The Bertz CT molecular complexity index is 227. The average molecular weight is 197 g/mol. The first-order valence-electron chi connectivity index (χ1n) is 5.54. The van der Waals surface area contributed by atoms with E-state index >= 15 is 0 Å². The summed E-state index contributed by atoms with van der Waals surface area (Å²) in [7, 11) is 0. The number of hydrogen-bond donors (Lipinski definition) is 2. The second-order valence-electron chi connectivity index (χ2n) is 4.35. The first kappa shape index (κ1) is 9.99. The fourth-order valence-corrected chi connectivity index (χ4v) is 2.43. The summed E-state index contributed by atoms with van der Waals surface area (Å²) in [6.07, 6.45) is 6.74. The molecule has 2 aliphatic rings. The second kappa shape index (κ2) is 4.32. The molecule has 1 aliphatic heterocycles. The molecule has 14 heavy (non-hydrogen) atoms. The van der Waals surface area contributed by atoms with Gasteiger partial charge in [-0.1, -0.05) is 6.42 Å². The topological polar surface area (TPSA) is 55.5 Å². The Balaban J connectivity index is 1.84. The van der Waals surface area contributed by atoms with E-state index in [0.717, 1.165) is 38.0 Å². The van der Waals surface area contributed by atoms with E-state index in [4.69, 9.17) is 10.5 Å². The molecule has 0 radical (unpaired) electrons. The molecule has 2 rings (SSSR count). The van der Waals surface area contributed by atoms with Crippen LogP contribution in [-0.4, -0.2) is 23.9 Å². The molecule has 3 heteroatoms. The molecule has 3 nitrogen and oxygen atoms in total. The van der Waals surface area contributed by atoms with Crippen molar-refractivity contribution in [3.8, 4) is 0 Å². The SMILES string of the molecule is NC1CCCC1CC(O)C1=CCCO1. The molecule has 1 aliphatic carbocycles. The molecular formula is C11H19NO2. The van der Waals surface area contributed by atoms with Crippen LogP contribution in [-0.2, 0) is 4.74 Å². The van der Waals surface area contributed by atoms with Gasteiger partial charge in [0.1, 0.15) is 11.9 Å². The zero-order valence-electron chi connectivity index (χ0n) is 8.48. The van der Waals surface area contributed by atoms with Crippen molar-refractivity contribution in [2.24, 2.45) is 11.7 Å². The van der Waals surface area contributed by atoms with Crippen LogP contribution in [0.3, 0.4) is 0 Å². The Morgan fingerprint density at radius 3 is 3.00 bits per heavy atom. The monoisotopic (exact) mass is 197 g/mol. The highest BCUT2D eigenvalue weighted by Crippen LogP contribution is 2.30. The van der Waals surface area contributed by atoms with Crippen molar-refractivity contribution in [3.63, 3.8) is 0 Å². The number of hydrogen-bond acceptors (Lipinski definition) is 3. The number of nitrogens with two attached hydrogens (primary N) is 1. The van der Waals surface area contributed by atoms with Gasteiger partial charge >= 0.3 is 0 Å². The molecule has 0 bridgehead atoms. The summed E-state index contributed by atoms with van der Waals surface area (Å²) < 4.78 is 5.33. The fourth-order valence-electron chi connectivity index (χ4n) is 2.43. The van der Waals surface area contributed by atoms with Gasteiger partial charge in [-0.3, -0.25) is 0 Å². The third kappa shape index (κ3) is 2.10. The Labute approximate surface area is 84.9 Å². The molecule has 3 unspecified atom stereocenters. The van der Waals surface area contributed by atoms with Crippen molar-refractivity contribution in [3.05, 3.63) is 11.8 Å². The number of aliphatic hydroxyl groups excluding tert-OH is 1. The van der Waals surface area contributed by atoms with E-state index in [1.807, 2.05) is 6.08 Å².